The molecule has 3 amide bonds. The van der Waals surface area contributed by atoms with Gasteiger partial charge in [-0.2, -0.15) is 0 Å². The van der Waals surface area contributed by atoms with Gasteiger partial charge in [-0.1, -0.05) is 40.0 Å². The van der Waals surface area contributed by atoms with Crippen LogP contribution in [0.5, 0.6) is 0 Å². The van der Waals surface area contributed by atoms with Crippen LogP contribution in [-0.2, 0) is 19.1 Å². The summed E-state index contributed by atoms with van der Waals surface area (Å²) in [5.41, 5.74) is -1.74. The fourth-order valence-corrected chi connectivity index (χ4v) is 6.61. The van der Waals surface area contributed by atoms with Crippen molar-refractivity contribution >= 4 is 17.7 Å². The van der Waals surface area contributed by atoms with Crippen molar-refractivity contribution in [1.82, 2.24) is 15.5 Å². The maximum Gasteiger partial charge on any atom is 0.246 e. The number of carbonyl (C=O) groups excluding carboxylic acids is 3. The lowest BCUT2D eigenvalue weighted by Gasteiger charge is -2.36. The highest BCUT2D eigenvalue weighted by Gasteiger charge is 2.79. The van der Waals surface area contributed by atoms with E-state index in [4.69, 9.17) is 9.84 Å². The summed E-state index contributed by atoms with van der Waals surface area (Å²) in [6.07, 6.45) is 6.47. The second-order valence-electron chi connectivity index (χ2n) is 10.9. The SMILES string of the molecule is CCCNC(=O)[C@@H]1[C@H]2C(=O)N(CCCCCCO)C(C(=O)NC(C)CCC)C23CC(C)[C@@]1(C)O3. The van der Waals surface area contributed by atoms with Gasteiger partial charge in [-0.3, -0.25) is 14.4 Å². The number of nitrogens with one attached hydrogen (secondary N) is 2. The molecule has 0 aromatic carbocycles. The van der Waals surface area contributed by atoms with E-state index in [0.29, 0.717) is 19.5 Å². The van der Waals surface area contributed by atoms with Gasteiger partial charge in [0.2, 0.25) is 17.7 Å². The number of rotatable bonds is 13. The first kappa shape index (κ1) is 26.9. The molecule has 0 radical (unpaired) electrons. The molecular weight excluding hydrogens is 434 g/mol. The predicted octanol–water partition coefficient (Wildman–Crippen LogP) is 2.38. The van der Waals surface area contributed by atoms with E-state index in [2.05, 4.69) is 24.5 Å². The summed E-state index contributed by atoms with van der Waals surface area (Å²) in [5, 5.41) is 15.2. The zero-order chi connectivity index (χ0) is 25.1. The molecule has 3 rings (SSSR count). The van der Waals surface area contributed by atoms with Crippen molar-refractivity contribution in [2.24, 2.45) is 17.8 Å². The van der Waals surface area contributed by atoms with Gasteiger partial charge in [0, 0.05) is 25.7 Å². The Morgan fingerprint density at radius 1 is 1.18 bits per heavy atom. The molecule has 3 N–H and O–H groups in total. The van der Waals surface area contributed by atoms with Crippen LogP contribution in [0, 0.1) is 17.8 Å². The Labute approximate surface area is 204 Å². The maximum atomic E-state index is 13.9. The molecule has 8 heteroatoms. The third kappa shape index (κ3) is 4.60. The molecule has 3 saturated heterocycles. The van der Waals surface area contributed by atoms with E-state index >= 15 is 0 Å². The Balaban J connectivity index is 1.93. The van der Waals surface area contributed by atoms with Crippen LogP contribution >= 0.6 is 0 Å². The van der Waals surface area contributed by atoms with Gasteiger partial charge < -0.3 is 25.4 Å². The van der Waals surface area contributed by atoms with Gasteiger partial charge in [0.1, 0.15) is 11.6 Å². The number of aliphatic hydroxyl groups excluding tert-OH is 1. The highest BCUT2D eigenvalue weighted by Crippen LogP contribution is 2.65. The van der Waals surface area contributed by atoms with Crippen molar-refractivity contribution in [1.29, 1.82) is 0 Å². The van der Waals surface area contributed by atoms with E-state index in [9.17, 15) is 14.4 Å². The first-order valence-electron chi connectivity index (χ1n) is 13.4. The molecule has 0 aliphatic carbocycles. The quantitative estimate of drug-likeness (QED) is 0.352. The van der Waals surface area contributed by atoms with Gasteiger partial charge in [0.25, 0.3) is 0 Å². The first-order chi connectivity index (χ1) is 16.2. The normalized spacial score (nSPS) is 34.9. The molecule has 3 aliphatic rings. The molecular formula is C26H45N3O5. The number of hydrogen-bond donors (Lipinski definition) is 3. The molecule has 0 aromatic rings. The lowest BCUT2D eigenvalue weighted by atomic mass is 9.62. The Morgan fingerprint density at radius 2 is 1.88 bits per heavy atom. The monoisotopic (exact) mass is 479 g/mol. The Hall–Kier alpha value is -1.67. The zero-order valence-corrected chi connectivity index (χ0v) is 21.7. The minimum absolute atomic E-state index is 0.00437. The standard InChI is InChI=1S/C26H45N3O5/c1-6-12-18(4)28-23(32)21-26-16-17(3)25(5,34-26)19(22(31)27-13-7-2)20(26)24(33)29(21)14-10-8-9-11-15-30/h17-21,30H,6-16H2,1-5H3,(H,27,31)(H,28,32)/t17?,18?,19-,20-,21?,25+,26?/m0/s1. The Bertz CT molecular complexity index is 761. The molecule has 7 atom stereocenters. The van der Waals surface area contributed by atoms with E-state index in [1.54, 1.807) is 4.90 Å². The molecule has 3 aliphatic heterocycles. The number of ether oxygens (including phenoxy) is 1. The van der Waals surface area contributed by atoms with Crippen LogP contribution in [0.4, 0.5) is 0 Å². The van der Waals surface area contributed by atoms with Gasteiger partial charge in [0.05, 0.1) is 17.4 Å². The molecule has 4 unspecified atom stereocenters. The van der Waals surface area contributed by atoms with E-state index in [-0.39, 0.29) is 36.3 Å². The Morgan fingerprint density at radius 3 is 2.53 bits per heavy atom. The van der Waals surface area contributed by atoms with Gasteiger partial charge >= 0.3 is 0 Å². The van der Waals surface area contributed by atoms with Crippen molar-refractivity contribution < 1.29 is 24.2 Å². The van der Waals surface area contributed by atoms with E-state index in [1.807, 2.05) is 20.8 Å². The summed E-state index contributed by atoms with van der Waals surface area (Å²) in [4.78, 5) is 42.6. The van der Waals surface area contributed by atoms with Crippen LogP contribution in [0.3, 0.4) is 0 Å². The van der Waals surface area contributed by atoms with E-state index in [1.165, 1.54) is 0 Å². The zero-order valence-electron chi connectivity index (χ0n) is 21.7. The van der Waals surface area contributed by atoms with Gasteiger partial charge in [-0.15, -0.1) is 0 Å². The van der Waals surface area contributed by atoms with Gasteiger partial charge in [-0.05, 0) is 51.9 Å². The van der Waals surface area contributed by atoms with Gasteiger partial charge in [0.15, 0.2) is 0 Å². The largest absolute Gasteiger partial charge is 0.396 e. The molecule has 194 valence electrons. The van der Waals surface area contributed by atoms with Crippen molar-refractivity contribution in [2.45, 2.75) is 109 Å². The number of likely N-dealkylation sites (tertiary alicyclic amines) is 1. The number of carbonyl (C=O) groups is 3. The number of unbranched alkanes of at least 4 members (excludes halogenated alkanes) is 3. The van der Waals surface area contributed by atoms with Crippen molar-refractivity contribution in [3.63, 3.8) is 0 Å². The third-order valence-corrected chi connectivity index (χ3v) is 8.31. The highest BCUT2D eigenvalue weighted by atomic mass is 16.5. The van der Waals surface area contributed by atoms with Crippen molar-refractivity contribution in [3.8, 4) is 0 Å². The number of fused-ring (bicyclic) bond motifs is 1. The maximum absolute atomic E-state index is 13.9. The van der Waals surface area contributed by atoms with Crippen molar-refractivity contribution in [3.05, 3.63) is 0 Å². The van der Waals surface area contributed by atoms with E-state index in [0.717, 1.165) is 44.9 Å². The van der Waals surface area contributed by atoms with Crippen LogP contribution in [0.1, 0.15) is 86.0 Å². The second kappa shape index (κ2) is 10.9. The molecule has 2 bridgehead atoms. The van der Waals surface area contributed by atoms with Gasteiger partial charge in [-0.25, -0.2) is 0 Å². The summed E-state index contributed by atoms with van der Waals surface area (Å²) in [6, 6.07) is -0.722. The van der Waals surface area contributed by atoms with Crippen molar-refractivity contribution in [2.75, 3.05) is 19.7 Å². The smallest absolute Gasteiger partial charge is 0.246 e. The topological polar surface area (TPSA) is 108 Å². The minimum Gasteiger partial charge on any atom is -0.396 e. The molecule has 34 heavy (non-hydrogen) atoms. The molecule has 0 aromatic heterocycles. The fourth-order valence-electron chi connectivity index (χ4n) is 6.61. The summed E-state index contributed by atoms with van der Waals surface area (Å²) in [7, 11) is 0. The number of nitrogens with zero attached hydrogens (tertiary/aromatic N) is 1. The third-order valence-electron chi connectivity index (χ3n) is 8.31. The molecule has 3 heterocycles. The highest BCUT2D eigenvalue weighted by molar-refractivity contribution is 5.99. The minimum atomic E-state index is -0.972. The molecule has 3 fully saturated rings. The molecule has 8 nitrogen and oxygen atoms in total. The second-order valence-corrected chi connectivity index (χ2v) is 10.9. The van der Waals surface area contributed by atoms with E-state index < -0.39 is 29.1 Å². The lowest BCUT2D eigenvalue weighted by molar-refractivity contribution is -0.147. The van der Waals surface area contributed by atoms with Crippen LogP contribution in [0.2, 0.25) is 0 Å². The summed E-state index contributed by atoms with van der Waals surface area (Å²) in [6.45, 7) is 11.3. The van der Waals surface area contributed by atoms with Crippen LogP contribution in [0.15, 0.2) is 0 Å². The van der Waals surface area contributed by atoms with Crippen LogP contribution in [0.25, 0.3) is 0 Å². The average molecular weight is 480 g/mol. The number of aliphatic hydroxyl groups is 1. The molecule has 0 saturated carbocycles. The predicted molar refractivity (Wildman–Crippen MR) is 130 cm³/mol. The number of hydrogen-bond acceptors (Lipinski definition) is 5. The average Bonchev–Trinajstić information content (AvgIpc) is 3.29. The van der Waals surface area contributed by atoms with Crippen LogP contribution in [-0.4, -0.2) is 70.7 Å². The number of amides is 3. The van der Waals surface area contributed by atoms with Crippen LogP contribution < -0.4 is 10.6 Å². The first-order valence-corrected chi connectivity index (χ1v) is 13.4. The Kier molecular flexibility index (Phi) is 8.66. The lowest BCUT2D eigenvalue weighted by Crippen LogP contribution is -2.57. The fraction of sp³-hybridized carbons (Fsp3) is 0.885. The summed E-state index contributed by atoms with van der Waals surface area (Å²) >= 11 is 0. The summed E-state index contributed by atoms with van der Waals surface area (Å²) in [5.74, 6) is -1.62. The molecule has 1 spiro atoms. The summed E-state index contributed by atoms with van der Waals surface area (Å²) < 4.78 is 6.70.